The number of rotatable bonds is 11. The van der Waals surface area contributed by atoms with Crippen molar-refractivity contribution in [2.45, 2.75) is 18.9 Å². The predicted molar refractivity (Wildman–Crippen MR) is 106 cm³/mol. The van der Waals surface area contributed by atoms with E-state index >= 15 is 0 Å². The number of methoxy groups -OCH3 is 1. The molecule has 0 spiro atoms. The van der Waals surface area contributed by atoms with Gasteiger partial charge in [-0.25, -0.2) is 0 Å². The summed E-state index contributed by atoms with van der Waals surface area (Å²) in [5.41, 5.74) is 4.68. The van der Waals surface area contributed by atoms with Gasteiger partial charge in [-0.2, -0.15) is 0 Å². The molecular weight excluding hydrogens is 336 g/mol. The van der Waals surface area contributed by atoms with Gasteiger partial charge in [0.15, 0.2) is 0 Å². The van der Waals surface area contributed by atoms with Crippen LogP contribution in [0.5, 0.6) is 0 Å². The van der Waals surface area contributed by atoms with Crippen LogP contribution in [-0.2, 0) is 16.0 Å². The molecule has 4 nitrogen and oxygen atoms in total. The third kappa shape index (κ3) is 6.40. The molecule has 0 aliphatic carbocycles. The first-order chi connectivity index (χ1) is 12.1. The van der Waals surface area contributed by atoms with Gasteiger partial charge < -0.3 is 19.7 Å². The standard InChI is InChI=1S/C20H27ClN2O2/c1-5-16(20(25-4)12-13-21)14-23(3)19-9-7-6-8-17(19)10-11-18(15-24)22-2/h5-9,12-13,15,18,22H,1,10-11,14H2,2-4H3/b13-12-,20-16-. The van der Waals surface area contributed by atoms with Crippen LogP contribution in [0.15, 0.2) is 59.9 Å². The first-order valence-corrected chi connectivity index (χ1v) is 8.62. The van der Waals surface area contributed by atoms with Crippen molar-refractivity contribution in [1.82, 2.24) is 5.32 Å². The maximum absolute atomic E-state index is 11.0. The fourth-order valence-corrected chi connectivity index (χ4v) is 2.75. The molecule has 0 bridgehead atoms. The number of aldehydes is 1. The van der Waals surface area contributed by atoms with Gasteiger partial charge in [0.1, 0.15) is 12.0 Å². The zero-order valence-electron chi connectivity index (χ0n) is 15.2. The van der Waals surface area contributed by atoms with E-state index in [9.17, 15) is 4.79 Å². The summed E-state index contributed by atoms with van der Waals surface area (Å²) in [5.74, 6) is 0.686. The second-order valence-electron chi connectivity index (χ2n) is 5.65. The Kier molecular flexibility index (Phi) is 9.66. The van der Waals surface area contributed by atoms with Crippen LogP contribution in [-0.4, -0.2) is 40.1 Å². The monoisotopic (exact) mass is 362 g/mol. The van der Waals surface area contributed by atoms with E-state index in [1.165, 1.54) is 11.1 Å². The molecule has 0 aliphatic rings. The van der Waals surface area contributed by atoms with E-state index in [2.05, 4.69) is 28.9 Å². The van der Waals surface area contributed by atoms with Gasteiger partial charge in [-0.1, -0.05) is 42.5 Å². The molecule has 1 aromatic carbocycles. The number of nitrogens with one attached hydrogen (secondary N) is 1. The summed E-state index contributed by atoms with van der Waals surface area (Å²) in [6, 6.07) is 8.07. The maximum atomic E-state index is 11.0. The third-order valence-electron chi connectivity index (χ3n) is 4.07. The number of halogens is 1. The van der Waals surface area contributed by atoms with Crippen LogP contribution in [0.25, 0.3) is 0 Å². The molecule has 0 saturated carbocycles. The molecule has 0 aliphatic heterocycles. The molecule has 0 saturated heterocycles. The Bertz CT molecular complexity index is 626. The van der Waals surface area contributed by atoms with Gasteiger partial charge in [-0.15, -0.1) is 0 Å². The second kappa shape index (κ2) is 11.5. The first-order valence-electron chi connectivity index (χ1n) is 8.19. The Morgan fingerprint density at radius 3 is 2.72 bits per heavy atom. The number of ether oxygens (including phenoxy) is 1. The van der Waals surface area contributed by atoms with Crippen molar-refractivity contribution in [3.05, 3.63) is 65.4 Å². The van der Waals surface area contributed by atoms with E-state index in [1.807, 2.05) is 19.2 Å². The molecule has 1 unspecified atom stereocenters. The van der Waals surface area contributed by atoms with Crippen LogP contribution < -0.4 is 10.2 Å². The minimum Gasteiger partial charge on any atom is -0.496 e. The van der Waals surface area contributed by atoms with Crippen molar-refractivity contribution in [3.63, 3.8) is 0 Å². The van der Waals surface area contributed by atoms with Crippen molar-refractivity contribution in [1.29, 1.82) is 0 Å². The van der Waals surface area contributed by atoms with Crippen LogP contribution in [0, 0.1) is 0 Å². The molecule has 1 rings (SSSR count). The Balaban J connectivity index is 2.99. The molecule has 25 heavy (non-hydrogen) atoms. The van der Waals surface area contributed by atoms with Gasteiger partial charge in [0, 0.05) is 30.4 Å². The third-order valence-corrected chi connectivity index (χ3v) is 4.19. The van der Waals surface area contributed by atoms with Crippen LogP contribution in [0.4, 0.5) is 5.69 Å². The number of aryl methyl sites for hydroxylation is 1. The molecule has 0 heterocycles. The minimum atomic E-state index is -0.129. The van der Waals surface area contributed by atoms with Crippen molar-refractivity contribution < 1.29 is 9.53 Å². The molecule has 0 fully saturated rings. The largest absolute Gasteiger partial charge is 0.496 e. The molecule has 5 heteroatoms. The van der Waals surface area contributed by atoms with Crippen molar-refractivity contribution in [2.75, 3.05) is 32.6 Å². The fourth-order valence-electron chi connectivity index (χ4n) is 2.63. The molecule has 1 aromatic rings. The van der Waals surface area contributed by atoms with Gasteiger partial charge in [0.2, 0.25) is 0 Å². The van der Waals surface area contributed by atoms with Crippen molar-refractivity contribution in [2.24, 2.45) is 0 Å². The number of anilines is 1. The van der Waals surface area contributed by atoms with E-state index in [0.717, 1.165) is 30.4 Å². The average molecular weight is 363 g/mol. The normalized spacial score (nSPS) is 13.3. The fraction of sp³-hybridized carbons (Fsp3) is 0.350. The summed E-state index contributed by atoms with van der Waals surface area (Å²) in [7, 11) is 5.44. The zero-order valence-corrected chi connectivity index (χ0v) is 15.9. The van der Waals surface area contributed by atoms with Gasteiger partial charge in [0.05, 0.1) is 13.2 Å². The Hall–Kier alpha value is -2.04. The Labute approximate surface area is 155 Å². The lowest BCUT2D eigenvalue weighted by atomic mass is 10.0. The number of hydrogen-bond acceptors (Lipinski definition) is 4. The summed E-state index contributed by atoms with van der Waals surface area (Å²) in [6.07, 6.45) is 6.01. The summed E-state index contributed by atoms with van der Waals surface area (Å²) in [4.78, 5) is 13.2. The molecule has 1 atom stereocenters. The lowest BCUT2D eigenvalue weighted by Crippen LogP contribution is -2.27. The maximum Gasteiger partial charge on any atom is 0.136 e. The van der Waals surface area contributed by atoms with Gasteiger partial charge in [0.25, 0.3) is 0 Å². The molecule has 136 valence electrons. The van der Waals surface area contributed by atoms with E-state index in [0.29, 0.717) is 12.3 Å². The zero-order chi connectivity index (χ0) is 18.7. The highest BCUT2D eigenvalue weighted by Gasteiger charge is 2.12. The molecule has 1 N–H and O–H groups in total. The first kappa shape index (κ1) is 21.0. The number of nitrogens with zero attached hydrogens (tertiary/aromatic N) is 1. The van der Waals surface area contributed by atoms with Gasteiger partial charge in [-0.05, 0) is 37.6 Å². The molecule has 0 radical (unpaired) electrons. The van der Waals surface area contributed by atoms with Crippen LogP contribution in [0.1, 0.15) is 12.0 Å². The van der Waals surface area contributed by atoms with Gasteiger partial charge in [-0.3, -0.25) is 0 Å². The highest BCUT2D eigenvalue weighted by Crippen LogP contribution is 2.23. The lowest BCUT2D eigenvalue weighted by molar-refractivity contribution is -0.109. The number of benzene rings is 1. The summed E-state index contributed by atoms with van der Waals surface area (Å²) in [6.45, 7) is 4.51. The number of carbonyl (C=O) groups is 1. The van der Waals surface area contributed by atoms with E-state index in [1.54, 1.807) is 26.3 Å². The number of para-hydroxylation sites is 1. The second-order valence-corrected chi connectivity index (χ2v) is 5.90. The minimum absolute atomic E-state index is 0.129. The number of hydrogen-bond donors (Lipinski definition) is 1. The summed E-state index contributed by atoms with van der Waals surface area (Å²) < 4.78 is 5.38. The predicted octanol–water partition coefficient (Wildman–Crippen LogP) is 3.68. The highest BCUT2D eigenvalue weighted by molar-refractivity contribution is 6.25. The summed E-state index contributed by atoms with van der Waals surface area (Å²) >= 11 is 5.68. The van der Waals surface area contributed by atoms with E-state index in [-0.39, 0.29) is 6.04 Å². The Morgan fingerprint density at radius 1 is 1.44 bits per heavy atom. The van der Waals surface area contributed by atoms with Gasteiger partial charge >= 0.3 is 0 Å². The van der Waals surface area contributed by atoms with Crippen LogP contribution in [0.2, 0.25) is 0 Å². The SMILES string of the molecule is C=C/C(CN(C)c1ccccc1CCC(C=O)NC)=C(\C=C/Cl)OC. The van der Waals surface area contributed by atoms with Crippen LogP contribution in [0.3, 0.4) is 0 Å². The number of carbonyl (C=O) groups excluding carboxylic acids is 1. The number of likely N-dealkylation sites (N-methyl/N-ethyl adjacent to an activating group) is 2. The smallest absolute Gasteiger partial charge is 0.136 e. The summed E-state index contributed by atoms with van der Waals surface area (Å²) in [5, 5.41) is 3.01. The average Bonchev–Trinajstić information content (AvgIpc) is 2.65. The van der Waals surface area contributed by atoms with Crippen molar-refractivity contribution >= 4 is 23.6 Å². The van der Waals surface area contributed by atoms with Crippen LogP contribution >= 0.6 is 11.6 Å². The Morgan fingerprint density at radius 2 is 2.16 bits per heavy atom. The van der Waals surface area contributed by atoms with E-state index < -0.39 is 0 Å². The van der Waals surface area contributed by atoms with E-state index in [4.69, 9.17) is 16.3 Å². The highest BCUT2D eigenvalue weighted by atomic mass is 35.5. The molecular formula is C20H27ClN2O2. The van der Waals surface area contributed by atoms with Crippen molar-refractivity contribution in [3.8, 4) is 0 Å². The number of allylic oxidation sites excluding steroid dienone is 1. The molecule has 0 amide bonds. The molecule has 0 aromatic heterocycles. The lowest BCUT2D eigenvalue weighted by Gasteiger charge is -2.24. The topological polar surface area (TPSA) is 41.6 Å². The quantitative estimate of drug-likeness (QED) is 0.370.